The van der Waals surface area contributed by atoms with E-state index in [1.165, 1.54) is 12.1 Å². The summed E-state index contributed by atoms with van der Waals surface area (Å²) in [6, 6.07) is 8.21. The molecule has 0 radical (unpaired) electrons. The molecule has 1 aliphatic rings. The number of nitrogens with zero attached hydrogens (tertiary/aromatic N) is 9. The maximum Gasteiger partial charge on any atom is 0.432 e. The molecule has 4 aromatic heterocycles. The summed E-state index contributed by atoms with van der Waals surface area (Å²) in [5, 5.41) is 17.8. The number of rotatable bonds is 7. The Morgan fingerprint density at radius 1 is 1.03 bits per heavy atom. The second-order valence-electron chi connectivity index (χ2n) is 9.66. The van der Waals surface area contributed by atoms with Crippen LogP contribution in [0.5, 0.6) is 0 Å². The third-order valence-corrected chi connectivity index (χ3v) is 7.05. The van der Waals surface area contributed by atoms with Gasteiger partial charge in [0.05, 0.1) is 50.7 Å². The topological polar surface area (TPSA) is 126 Å². The van der Waals surface area contributed by atoms with E-state index < -0.39 is 5.54 Å². The molecule has 3 N–H and O–H groups in total. The molecule has 1 aromatic carbocycles. The number of halogens is 1. The molecule has 0 spiro atoms. The quantitative estimate of drug-likeness (QED) is 0.308. The second-order valence-corrected chi connectivity index (χ2v) is 9.66. The van der Waals surface area contributed by atoms with Gasteiger partial charge < -0.3 is 15.7 Å². The Balaban J connectivity index is 1.20. The summed E-state index contributed by atoms with van der Waals surface area (Å²) in [4.78, 5) is 15.9. The van der Waals surface area contributed by atoms with E-state index in [0.717, 1.165) is 33.6 Å². The molecule has 198 valence electrons. The first-order chi connectivity index (χ1) is 18.9. The third kappa shape index (κ3) is 4.75. The fourth-order valence-electron chi connectivity index (χ4n) is 4.74. The van der Waals surface area contributed by atoms with E-state index in [1.807, 2.05) is 34.6 Å². The number of hydrogen-bond donors (Lipinski definition) is 2. The molecule has 5 heterocycles. The Hall–Kier alpha value is -4.55. The minimum Gasteiger partial charge on any atom is -0.394 e. The average Bonchev–Trinajstić information content (AvgIpc) is 3.61. The summed E-state index contributed by atoms with van der Waals surface area (Å²) in [7, 11) is 0. The first-order valence-electron chi connectivity index (χ1n) is 12.6. The molecule has 1 atom stereocenters. The molecular weight excluding hydrogens is 499 g/mol. The average molecular weight is 528 g/mol. The van der Waals surface area contributed by atoms with E-state index in [1.54, 1.807) is 41.7 Å². The van der Waals surface area contributed by atoms with Crippen LogP contribution in [0.2, 0.25) is 0 Å². The molecular formula is C27H28FN10O+. The Labute approximate surface area is 223 Å². The van der Waals surface area contributed by atoms with Gasteiger partial charge in [-0.2, -0.15) is 10.2 Å². The predicted octanol–water partition coefficient (Wildman–Crippen LogP) is 1.97. The summed E-state index contributed by atoms with van der Waals surface area (Å²) in [5.41, 5.74) is 10.1. The summed E-state index contributed by atoms with van der Waals surface area (Å²) < 4.78 is 18.9. The predicted molar refractivity (Wildman–Crippen MR) is 143 cm³/mol. The summed E-state index contributed by atoms with van der Waals surface area (Å²) in [6.07, 6.45) is 12.7. The molecule has 0 bridgehead atoms. The Kier molecular flexibility index (Phi) is 6.33. The highest BCUT2D eigenvalue weighted by Gasteiger charge is 2.28. The minimum absolute atomic E-state index is 0.0363. The van der Waals surface area contributed by atoms with Crippen LogP contribution in [0.4, 0.5) is 16.2 Å². The van der Waals surface area contributed by atoms with Crippen molar-refractivity contribution >= 4 is 23.5 Å². The number of aliphatic hydroxyl groups excluding tert-OH is 1. The van der Waals surface area contributed by atoms with Crippen LogP contribution in [0.25, 0.3) is 16.6 Å². The highest BCUT2D eigenvalue weighted by Crippen LogP contribution is 2.28. The standard InChI is InChI=1S/C27H28FN10O/c1-27(29,21-2-4-23(28)5-3-21)22-14-30-26(31-15-22)36-8-6-35(7-9-36)25-24-12-19(17-38(24)34-18-32-25)20-13-33-37(16-20)10-11-39/h2-5,8,12-18,39H,6-7,9-11,29H2,1H3/q+1/t27-/m0/s1. The molecule has 11 nitrogen and oxygen atoms in total. The lowest BCUT2D eigenvalue weighted by Crippen LogP contribution is -2.39. The number of aromatic nitrogens is 7. The lowest BCUT2D eigenvalue weighted by molar-refractivity contribution is -0.445. The zero-order chi connectivity index (χ0) is 27.0. The largest absolute Gasteiger partial charge is 0.432 e. The zero-order valence-electron chi connectivity index (χ0n) is 21.4. The van der Waals surface area contributed by atoms with Gasteiger partial charge in [-0.15, -0.1) is 0 Å². The van der Waals surface area contributed by atoms with Gasteiger partial charge in [-0.1, -0.05) is 22.1 Å². The summed E-state index contributed by atoms with van der Waals surface area (Å²) in [5.74, 6) is 1.12. The van der Waals surface area contributed by atoms with Crippen molar-refractivity contribution in [3.63, 3.8) is 0 Å². The summed E-state index contributed by atoms with van der Waals surface area (Å²) in [6.45, 7) is 4.36. The van der Waals surface area contributed by atoms with Crippen molar-refractivity contribution in [3.05, 3.63) is 84.6 Å². The maximum atomic E-state index is 13.3. The number of hydrogen-bond acceptors (Lipinski definition) is 8. The highest BCUT2D eigenvalue weighted by molar-refractivity contribution is 5.79. The highest BCUT2D eigenvalue weighted by atomic mass is 19.1. The van der Waals surface area contributed by atoms with E-state index >= 15 is 0 Å². The van der Waals surface area contributed by atoms with Crippen LogP contribution in [0.15, 0.2) is 67.6 Å². The maximum absolute atomic E-state index is 13.3. The second kappa shape index (κ2) is 9.97. The molecule has 0 saturated heterocycles. The fourth-order valence-corrected chi connectivity index (χ4v) is 4.74. The van der Waals surface area contributed by atoms with E-state index in [4.69, 9.17) is 10.8 Å². The van der Waals surface area contributed by atoms with Gasteiger partial charge in [-0.3, -0.25) is 4.68 Å². The van der Waals surface area contributed by atoms with Gasteiger partial charge in [0.25, 0.3) is 0 Å². The van der Waals surface area contributed by atoms with Crippen LogP contribution in [0.1, 0.15) is 18.1 Å². The van der Waals surface area contributed by atoms with Gasteiger partial charge in [-0.05, 0) is 30.7 Å². The third-order valence-electron chi connectivity index (χ3n) is 7.05. The van der Waals surface area contributed by atoms with Gasteiger partial charge >= 0.3 is 5.95 Å². The molecule has 5 aromatic rings. The van der Waals surface area contributed by atoms with Crippen LogP contribution < -0.4 is 10.6 Å². The number of benzene rings is 1. The molecule has 0 unspecified atom stereocenters. The molecule has 0 amide bonds. The summed E-state index contributed by atoms with van der Waals surface area (Å²) >= 11 is 0. The molecule has 0 saturated carbocycles. The lowest BCUT2D eigenvalue weighted by Gasteiger charge is -2.26. The SMILES string of the molecule is C[C@](N)(c1ccc(F)cc1)c1cnc([N+]2=CCN(c3ncnn4cc(-c5cnn(CCO)c5)cc34)CC2)nc1. The van der Waals surface area contributed by atoms with E-state index in [9.17, 15) is 4.39 Å². The van der Waals surface area contributed by atoms with Crippen molar-refractivity contribution in [2.75, 3.05) is 31.1 Å². The lowest BCUT2D eigenvalue weighted by atomic mass is 9.87. The molecule has 0 aliphatic carbocycles. The van der Waals surface area contributed by atoms with Gasteiger partial charge in [0, 0.05) is 29.1 Å². The fraction of sp³-hybridized carbons (Fsp3) is 0.259. The minimum atomic E-state index is -0.847. The van der Waals surface area contributed by atoms with Gasteiger partial charge in [-0.25, -0.2) is 18.5 Å². The van der Waals surface area contributed by atoms with Crippen molar-refractivity contribution in [1.29, 1.82) is 0 Å². The Bertz CT molecular complexity index is 1640. The van der Waals surface area contributed by atoms with Crippen molar-refractivity contribution in [3.8, 4) is 11.1 Å². The van der Waals surface area contributed by atoms with Gasteiger partial charge in [0.1, 0.15) is 30.1 Å². The molecule has 12 heteroatoms. The zero-order valence-corrected chi connectivity index (χ0v) is 21.4. The number of anilines is 1. The van der Waals surface area contributed by atoms with Crippen molar-refractivity contribution in [2.24, 2.45) is 5.73 Å². The van der Waals surface area contributed by atoms with E-state index in [-0.39, 0.29) is 12.4 Å². The number of fused-ring (bicyclic) bond motifs is 1. The van der Waals surface area contributed by atoms with E-state index in [0.29, 0.717) is 32.1 Å². The van der Waals surface area contributed by atoms with Gasteiger partial charge in [0.15, 0.2) is 5.82 Å². The Morgan fingerprint density at radius 2 is 1.82 bits per heavy atom. The number of nitrogens with two attached hydrogens (primary N) is 1. The van der Waals surface area contributed by atoms with E-state index in [2.05, 4.69) is 36.1 Å². The molecule has 1 aliphatic heterocycles. The Morgan fingerprint density at radius 3 is 2.54 bits per heavy atom. The molecule has 6 rings (SSSR count). The monoisotopic (exact) mass is 527 g/mol. The number of aliphatic hydroxyl groups is 1. The van der Waals surface area contributed by atoms with Crippen LogP contribution in [0.3, 0.4) is 0 Å². The molecule has 0 fully saturated rings. The van der Waals surface area contributed by atoms with Crippen LogP contribution in [0, 0.1) is 5.82 Å². The van der Waals surface area contributed by atoms with Crippen LogP contribution >= 0.6 is 0 Å². The normalized spacial score (nSPS) is 15.4. The van der Waals surface area contributed by atoms with Crippen LogP contribution in [-0.2, 0) is 12.1 Å². The van der Waals surface area contributed by atoms with Crippen molar-refractivity contribution < 1.29 is 14.1 Å². The van der Waals surface area contributed by atoms with Crippen LogP contribution in [-0.4, -0.2) is 76.5 Å². The smallest absolute Gasteiger partial charge is 0.394 e. The first-order valence-corrected chi connectivity index (χ1v) is 12.6. The van der Waals surface area contributed by atoms with Crippen molar-refractivity contribution in [1.82, 2.24) is 34.3 Å². The molecule has 39 heavy (non-hydrogen) atoms. The van der Waals surface area contributed by atoms with Gasteiger partial charge in [0.2, 0.25) is 0 Å². The van der Waals surface area contributed by atoms with Crippen molar-refractivity contribution in [2.45, 2.75) is 19.0 Å². The first kappa shape index (κ1) is 24.8.